The molecule has 0 unspecified atom stereocenters. The number of aromatic hydroxyl groups is 1. The fourth-order valence-electron chi connectivity index (χ4n) is 3.59. The van der Waals surface area contributed by atoms with Crippen molar-refractivity contribution >= 4 is 30.3 Å². The Kier molecular flexibility index (Phi) is 3.77. The number of nitrogens with one attached hydrogen (secondary N) is 3. The van der Waals surface area contributed by atoms with Crippen LogP contribution < -0.4 is 15.9 Å². The van der Waals surface area contributed by atoms with Crippen molar-refractivity contribution < 1.29 is 9.90 Å². The van der Waals surface area contributed by atoms with Gasteiger partial charge in [0.15, 0.2) is 4.77 Å². The van der Waals surface area contributed by atoms with E-state index in [1.54, 1.807) is 6.08 Å². The second-order valence-electron chi connectivity index (χ2n) is 6.82. The van der Waals surface area contributed by atoms with Crippen LogP contribution in [-0.2, 0) is 6.42 Å². The third kappa shape index (κ3) is 2.86. The van der Waals surface area contributed by atoms with Crippen LogP contribution in [0.4, 0.5) is 0 Å². The molecule has 0 saturated carbocycles. The maximum absolute atomic E-state index is 11.9. The van der Waals surface area contributed by atoms with Crippen LogP contribution in [0, 0.1) is 4.77 Å². The molecular weight excluding hydrogens is 372 g/mol. The van der Waals surface area contributed by atoms with E-state index in [1.165, 1.54) is 0 Å². The minimum absolute atomic E-state index is 0.00385. The molecule has 2 aromatic carbocycles. The van der Waals surface area contributed by atoms with Gasteiger partial charge in [-0.15, -0.1) is 0 Å². The number of aromatic nitrogens is 2. The summed E-state index contributed by atoms with van der Waals surface area (Å²) < 4.78 is 0.364. The molecule has 3 aromatic rings. The van der Waals surface area contributed by atoms with Crippen molar-refractivity contribution in [2.75, 3.05) is 6.54 Å². The van der Waals surface area contributed by atoms with Crippen LogP contribution in [0.1, 0.15) is 21.6 Å². The summed E-state index contributed by atoms with van der Waals surface area (Å²) in [6.45, 7) is 0.674. The Morgan fingerprint density at radius 3 is 2.75 bits per heavy atom. The lowest BCUT2D eigenvalue weighted by Crippen LogP contribution is -2.31. The Balaban J connectivity index is 1.54. The van der Waals surface area contributed by atoms with Gasteiger partial charge < -0.3 is 20.4 Å². The largest absolute Gasteiger partial charge is 0.493 e. The molecule has 1 amide bonds. The molecule has 7 heteroatoms. The lowest BCUT2D eigenvalue weighted by atomic mass is 9.95. The van der Waals surface area contributed by atoms with E-state index >= 15 is 0 Å². The van der Waals surface area contributed by atoms with E-state index in [9.17, 15) is 9.90 Å². The lowest BCUT2D eigenvalue weighted by Gasteiger charge is -2.17. The highest BCUT2D eigenvalue weighted by molar-refractivity contribution is 7.71. The van der Waals surface area contributed by atoms with E-state index < -0.39 is 0 Å². The molecule has 0 radical (unpaired) electrons. The van der Waals surface area contributed by atoms with Crippen LogP contribution in [-0.4, -0.2) is 27.5 Å². The van der Waals surface area contributed by atoms with Crippen molar-refractivity contribution in [3.8, 4) is 17.0 Å². The van der Waals surface area contributed by atoms with E-state index in [1.807, 2.05) is 30.3 Å². The highest BCUT2D eigenvalue weighted by atomic mass is 32.1. The lowest BCUT2D eigenvalue weighted by molar-refractivity contribution is 0.0946. The molecule has 2 aliphatic rings. The molecule has 4 N–H and O–H groups in total. The SMILES string of the molecule is O=C1NCCc2cc(-c3ccc4c(c3)=NC(=Cc3[nH]c(=S)[nH]c3O)C=4)ccc21. The number of aromatic amines is 2. The summed E-state index contributed by atoms with van der Waals surface area (Å²) in [4.78, 5) is 22.1. The zero-order valence-electron chi connectivity index (χ0n) is 14.7. The number of carbonyl (C=O) groups excluding carboxylic acids is 1. The minimum Gasteiger partial charge on any atom is -0.493 e. The Morgan fingerprint density at radius 2 is 1.93 bits per heavy atom. The highest BCUT2D eigenvalue weighted by Crippen LogP contribution is 2.24. The Labute approximate surface area is 165 Å². The molecule has 2 aliphatic heterocycles. The van der Waals surface area contributed by atoms with Crippen LogP contribution in [0.5, 0.6) is 5.88 Å². The number of H-pyrrole nitrogens is 2. The molecule has 28 heavy (non-hydrogen) atoms. The zero-order valence-corrected chi connectivity index (χ0v) is 15.6. The van der Waals surface area contributed by atoms with Gasteiger partial charge in [0.1, 0.15) is 5.69 Å². The maximum atomic E-state index is 11.9. The highest BCUT2D eigenvalue weighted by Gasteiger charge is 2.17. The van der Waals surface area contributed by atoms with Crippen molar-refractivity contribution in [3.05, 3.63) is 74.3 Å². The Morgan fingerprint density at radius 1 is 1.11 bits per heavy atom. The molecule has 138 valence electrons. The summed E-state index contributed by atoms with van der Waals surface area (Å²) in [6.07, 6.45) is 4.55. The van der Waals surface area contributed by atoms with E-state index in [-0.39, 0.29) is 11.8 Å². The second kappa shape index (κ2) is 6.31. The van der Waals surface area contributed by atoms with Gasteiger partial charge in [0.25, 0.3) is 5.91 Å². The molecule has 5 rings (SSSR count). The molecule has 0 bridgehead atoms. The van der Waals surface area contributed by atoms with Crippen LogP contribution in [0.3, 0.4) is 0 Å². The summed E-state index contributed by atoms with van der Waals surface area (Å²) in [5, 5.41) is 14.6. The third-order valence-corrected chi connectivity index (χ3v) is 5.18. The second-order valence-corrected chi connectivity index (χ2v) is 7.23. The van der Waals surface area contributed by atoms with Gasteiger partial charge in [-0.2, -0.15) is 0 Å². The van der Waals surface area contributed by atoms with Crippen LogP contribution in [0.25, 0.3) is 23.3 Å². The first-order valence-corrected chi connectivity index (χ1v) is 9.33. The number of carbonyl (C=O) groups is 1. The normalized spacial score (nSPS) is 16.1. The predicted molar refractivity (Wildman–Crippen MR) is 109 cm³/mol. The molecule has 0 fully saturated rings. The van der Waals surface area contributed by atoms with Gasteiger partial charge in [0, 0.05) is 17.3 Å². The minimum atomic E-state index is -0.00631. The summed E-state index contributed by atoms with van der Waals surface area (Å²) in [7, 11) is 0. The van der Waals surface area contributed by atoms with Gasteiger partial charge in [-0.05, 0) is 59.6 Å². The van der Waals surface area contributed by atoms with Gasteiger partial charge in [-0.3, -0.25) is 4.79 Å². The number of allylic oxidation sites excluding steroid dienone is 1. The Bertz CT molecular complexity index is 1350. The zero-order chi connectivity index (χ0) is 19.3. The number of imidazole rings is 1. The number of fused-ring (bicyclic) bond motifs is 2. The molecule has 0 spiro atoms. The quantitative estimate of drug-likeness (QED) is 0.507. The van der Waals surface area contributed by atoms with Crippen molar-refractivity contribution in [3.63, 3.8) is 0 Å². The first-order valence-electron chi connectivity index (χ1n) is 8.92. The summed E-state index contributed by atoms with van der Waals surface area (Å²) in [5.74, 6) is -0.0102. The van der Waals surface area contributed by atoms with Crippen LogP contribution >= 0.6 is 12.2 Å². The van der Waals surface area contributed by atoms with Gasteiger partial charge in [0.05, 0.1) is 11.1 Å². The summed E-state index contributed by atoms with van der Waals surface area (Å²) >= 11 is 4.99. The number of amides is 1. The number of hydrogen-bond acceptors (Lipinski definition) is 4. The standard InChI is InChI=1S/C21H16N4O2S/c26-19-16-4-3-11(7-13(16)5-6-22-19)12-1-2-14-8-15(23-17(14)9-12)10-18-20(27)25-21(28)24-18/h1-4,7-10,27H,5-6H2,(H,22,26)(H2,24,25,28). The van der Waals surface area contributed by atoms with Crippen LogP contribution in [0.2, 0.25) is 0 Å². The van der Waals surface area contributed by atoms with E-state index in [4.69, 9.17) is 12.2 Å². The van der Waals surface area contributed by atoms with Gasteiger partial charge in [-0.1, -0.05) is 24.3 Å². The van der Waals surface area contributed by atoms with Crippen molar-refractivity contribution in [1.29, 1.82) is 0 Å². The third-order valence-electron chi connectivity index (χ3n) is 4.97. The fraction of sp³-hybridized carbons (Fsp3) is 0.0952. The van der Waals surface area contributed by atoms with E-state index in [2.05, 4.69) is 32.4 Å². The molecule has 0 saturated heterocycles. The predicted octanol–water partition coefficient (Wildman–Crippen LogP) is 2.19. The van der Waals surface area contributed by atoms with Gasteiger partial charge in [0.2, 0.25) is 5.88 Å². The summed E-state index contributed by atoms with van der Waals surface area (Å²) in [6, 6.07) is 12.1. The molecule has 1 aromatic heterocycles. The smallest absolute Gasteiger partial charge is 0.251 e. The molecule has 0 aliphatic carbocycles. The molecular formula is C21H16N4O2S. The van der Waals surface area contributed by atoms with Crippen molar-refractivity contribution in [2.24, 2.45) is 4.99 Å². The van der Waals surface area contributed by atoms with Crippen LogP contribution in [0.15, 0.2) is 47.1 Å². The average molecular weight is 388 g/mol. The molecule has 0 atom stereocenters. The van der Waals surface area contributed by atoms with E-state index in [0.29, 0.717) is 17.0 Å². The number of nitrogens with zero attached hydrogens (tertiary/aromatic N) is 1. The monoisotopic (exact) mass is 388 g/mol. The van der Waals surface area contributed by atoms with Crippen molar-refractivity contribution in [1.82, 2.24) is 15.3 Å². The maximum Gasteiger partial charge on any atom is 0.251 e. The van der Waals surface area contributed by atoms with Gasteiger partial charge >= 0.3 is 0 Å². The topological polar surface area (TPSA) is 93.3 Å². The number of benzene rings is 2. The number of rotatable bonds is 2. The average Bonchev–Trinajstić information content (AvgIpc) is 3.22. The molecule has 6 nitrogen and oxygen atoms in total. The van der Waals surface area contributed by atoms with Gasteiger partial charge in [-0.25, -0.2) is 4.99 Å². The Hall–Kier alpha value is -3.45. The molecule has 3 heterocycles. The number of hydrogen-bond donors (Lipinski definition) is 4. The van der Waals surface area contributed by atoms with Crippen molar-refractivity contribution in [2.45, 2.75) is 6.42 Å². The summed E-state index contributed by atoms with van der Waals surface area (Å²) in [5.41, 5.74) is 5.17. The first kappa shape index (κ1) is 16.7. The first-order chi connectivity index (χ1) is 13.6. The fourth-order valence-corrected chi connectivity index (χ4v) is 3.80. The van der Waals surface area contributed by atoms with E-state index in [0.717, 1.165) is 44.9 Å².